The third kappa shape index (κ3) is 6.40. The van der Waals surface area contributed by atoms with Crippen molar-refractivity contribution in [2.45, 2.75) is 51.0 Å². The Morgan fingerprint density at radius 3 is 2.73 bits per heavy atom. The highest BCUT2D eigenvalue weighted by molar-refractivity contribution is 7.98. The number of pyridine rings is 1. The van der Waals surface area contributed by atoms with E-state index in [0.717, 1.165) is 43.6 Å². The Balaban J connectivity index is 1.90. The number of nitrogens with one attached hydrogen (secondary N) is 2. The van der Waals surface area contributed by atoms with Crippen molar-refractivity contribution in [1.82, 2.24) is 14.7 Å². The van der Waals surface area contributed by atoms with Crippen LogP contribution < -0.4 is 10.6 Å². The Labute approximate surface area is 197 Å². The topological polar surface area (TPSA) is 122 Å². The number of aromatic nitrogens is 2. The molecule has 0 bridgehead atoms. The minimum Gasteiger partial charge on any atom is -0.481 e. The number of thioether (sulfide) groups is 1. The number of carboxylic acids is 1. The first-order valence-corrected chi connectivity index (χ1v) is 12.7. The van der Waals surface area contributed by atoms with Crippen LogP contribution >= 0.6 is 11.8 Å². The predicted octanol–water partition coefficient (Wildman–Crippen LogP) is 2.98. The van der Waals surface area contributed by atoms with Gasteiger partial charge in [-0.2, -0.15) is 11.8 Å². The van der Waals surface area contributed by atoms with Gasteiger partial charge in [-0.15, -0.1) is 0 Å². The first kappa shape index (κ1) is 24.9. The van der Waals surface area contributed by atoms with Crippen LogP contribution in [0.1, 0.15) is 54.6 Å². The molecule has 0 aromatic carbocycles. The number of aliphatic carboxylic acids is 1. The van der Waals surface area contributed by atoms with Crippen LogP contribution in [0.4, 0.5) is 5.82 Å². The molecular weight excluding hydrogens is 444 g/mol. The van der Waals surface area contributed by atoms with Crippen LogP contribution in [0.2, 0.25) is 0 Å². The molecule has 9 nitrogen and oxygen atoms in total. The van der Waals surface area contributed by atoms with Gasteiger partial charge in [0.25, 0.3) is 5.91 Å². The third-order valence-corrected chi connectivity index (χ3v) is 6.68. The number of imidazole rings is 1. The molecule has 0 saturated heterocycles. The molecule has 0 aliphatic heterocycles. The highest BCUT2D eigenvalue weighted by Crippen LogP contribution is 2.28. The number of esters is 1. The SMILES string of the molecule is COC(=O)CNc1c(CCSC)nc2c(C(=O)NC(CC(=O)O)C3CCCCC3)cccn12. The summed E-state index contributed by atoms with van der Waals surface area (Å²) in [6.07, 6.45) is 9.47. The Morgan fingerprint density at radius 1 is 1.30 bits per heavy atom. The Kier molecular flexibility index (Phi) is 8.99. The predicted molar refractivity (Wildman–Crippen MR) is 128 cm³/mol. The number of ether oxygens (including phenoxy) is 1. The highest BCUT2D eigenvalue weighted by atomic mass is 32.2. The lowest BCUT2D eigenvalue weighted by Gasteiger charge is -2.30. The molecule has 2 aromatic rings. The number of hydrogen-bond acceptors (Lipinski definition) is 7. The quantitative estimate of drug-likeness (QED) is 0.423. The molecule has 1 unspecified atom stereocenters. The Bertz CT molecular complexity index is 987. The van der Waals surface area contributed by atoms with Crippen molar-refractivity contribution in [2.75, 3.05) is 31.0 Å². The molecule has 1 aliphatic carbocycles. The molecule has 2 aromatic heterocycles. The molecule has 10 heteroatoms. The van der Waals surface area contributed by atoms with Crippen LogP contribution in [-0.4, -0.2) is 64.0 Å². The highest BCUT2D eigenvalue weighted by Gasteiger charge is 2.28. The van der Waals surface area contributed by atoms with Gasteiger partial charge in [-0.1, -0.05) is 19.3 Å². The maximum absolute atomic E-state index is 13.3. The summed E-state index contributed by atoms with van der Waals surface area (Å²) in [5, 5.41) is 15.5. The van der Waals surface area contributed by atoms with Gasteiger partial charge in [-0.25, -0.2) is 4.98 Å². The van der Waals surface area contributed by atoms with Gasteiger partial charge in [0.1, 0.15) is 12.4 Å². The van der Waals surface area contributed by atoms with Gasteiger partial charge in [0.2, 0.25) is 0 Å². The van der Waals surface area contributed by atoms with Gasteiger partial charge in [0.05, 0.1) is 24.8 Å². The number of hydrogen-bond donors (Lipinski definition) is 3. The van der Waals surface area contributed by atoms with E-state index >= 15 is 0 Å². The minimum atomic E-state index is -0.918. The average Bonchev–Trinajstić information content (AvgIpc) is 3.18. The Morgan fingerprint density at radius 2 is 2.06 bits per heavy atom. The molecule has 1 aliphatic rings. The van der Waals surface area contributed by atoms with Crippen molar-refractivity contribution in [3.8, 4) is 0 Å². The largest absolute Gasteiger partial charge is 0.481 e. The first-order chi connectivity index (χ1) is 15.9. The number of fused-ring (bicyclic) bond motifs is 1. The van der Waals surface area contributed by atoms with Crippen LogP contribution in [0.15, 0.2) is 18.3 Å². The third-order valence-electron chi connectivity index (χ3n) is 6.07. The first-order valence-electron chi connectivity index (χ1n) is 11.3. The van der Waals surface area contributed by atoms with E-state index in [9.17, 15) is 19.5 Å². The average molecular weight is 477 g/mol. The van der Waals surface area contributed by atoms with Crippen molar-refractivity contribution in [3.63, 3.8) is 0 Å². The zero-order valence-electron chi connectivity index (χ0n) is 19.1. The number of carbonyl (C=O) groups excluding carboxylic acids is 2. The second-order valence-corrected chi connectivity index (χ2v) is 9.26. The monoisotopic (exact) mass is 476 g/mol. The van der Waals surface area contributed by atoms with E-state index in [0.29, 0.717) is 23.4 Å². The second kappa shape index (κ2) is 11.9. The number of amides is 1. The number of aryl methyl sites for hydroxylation is 1. The van der Waals surface area contributed by atoms with E-state index in [1.54, 1.807) is 34.5 Å². The van der Waals surface area contributed by atoms with Gasteiger partial charge in [0.15, 0.2) is 5.65 Å². The number of anilines is 1. The maximum atomic E-state index is 13.3. The molecule has 180 valence electrons. The van der Waals surface area contributed by atoms with E-state index in [1.807, 2.05) is 6.26 Å². The van der Waals surface area contributed by atoms with Crippen molar-refractivity contribution >= 4 is 41.1 Å². The van der Waals surface area contributed by atoms with Crippen LogP contribution in [-0.2, 0) is 20.7 Å². The summed E-state index contributed by atoms with van der Waals surface area (Å²) in [7, 11) is 1.33. The van der Waals surface area contributed by atoms with E-state index < -0.39 is 18.0 Å². The van der Waals surface area contributed by atoms with E-state index in [2.05, 4.69) is 10.6 Å². The molecule has 3 rings (SSSR count). The molecule has 1 amide bonds. The second-order valence-electron chi connectivity index (χ2n) is 8.27. The number of rotatable bonds is 11. The fourth-order valence-corrected chi connectivity index (χ4v) is 4.78. The number of carbonyl (C=O) groups is 3. The molecule has 3 N–H and O–H groups in total. The molecular formula is C23H32N4O5S. The van der Waals surface area contributed by atoms with Crippen molar-refractivity contribution in [3.05, 3.63) is 29.6 Å². The lowest BCUT2D eigenvalue weighted by Crippen LogP contribution is -2.42. The summed E-state index contributed by atoms with van der Waals surface area (Å²) in [6, 6.07) is 3.02. The summed E-state index contributed by atoms with van der Waals surface area (Å²) in [5.41, 5.74) is 1.60. The number of carboxylic acid groups (broad SMARTS) is 1. The lowest BCUT2D eigenvalue weighted by molar-refractivity contribution is -0.139. The summed E-state index contributed by atoms with van der Waals surface area (Å²) < 4.78 is 6.49. The smallest absolute Gasteiger partial charge is 0.325 e. The molecule has 33 heavy (non-hydrogen) atoms. The van der Waals surface area contributed by atoms with Gasteiger partial charge in [-0.05, 0) is 42.9 Å². The summed E-state index contributed by atoms with van der Waals surface area (Å²) in [5.74, 6) is -0.0162. The number of nitrogens with zero attached hydrogens (tertiary/aromatic N) is 2. The van der Waals surface area contributed by atoms with Crippen LogP contribution in [0.25, 0.3) is 5.65 Å². The molecule has 1 saturated carbocycles. The van der Waals surface area contributed by atoms with Gasteiger partial charge >= 0.3 is 11.9 Å². The van der Waals surface area contributed by atoms with Crippen molar-refractivity contribution < 1.29 is 24.2 Å². The van der Waals surface area contributed by atoms with E-state index in [1.165, 1.54) is 7.11 Å². The fourth-order valence-electron chi connectivity index (χ4n) is 4.39. The van der Waals surface area contributed by atoms with Gasteiger partial charge < -0.3 is 20.5 Å². The summed E-state index contributed by atoms with van der Waals surface area (Å²) in [4.78, 5) is 41.1. The molecule has 1 fully saturated rings. The molecule has 0 radical (unpaired) electrons. The van der Waals surface area contributed by atoms with Crippen molar-refractivity contribution in [2.24, 2.45) is 5.92 Å². The van der Waals surface area contributed by atoms with E-state index in [-0.39, 0.29) is 24.8 Å². The molecule has 2 heterocycles. The molecule has 1 atom stereocenters. The van der Waals surface area contributed by atoms with E-state index in [4.69, 9.17) is 9.72 Å². The van der Waals surface area contributed by atoms with Crippen LogP contribution in [0, 0.1) is 5.92 Å². The van der Waals surface area contributed by atoms with Crippen LogP contribution in [0.5, 0.6) is 0 Å². The zero-order chi connectivity index (χ0) is 23.8. The lowest BCUT2D eigenvalue weighted by atomic mass is 9.82. The van der Waals surface area contributed by atoms with Gasteiger partial charge in [0, 0.05) is 18.7 Å². The van der Waals surface area contributed by atoms with Crippen LogP contribution in [0.3, 0.4) is 0 Å². The summed E-state index contributed by atoms with van der Waals surface area (Å²) in [6.45, 7) is -0.0185. The van der Waals surface area contributed by atoms with Gasteiger partial charge in [-0.3, -0.25) is 18.8 Å². The molecule has 0 spiro atoms. The Hall–Kier alpha value is -2.75. The standard InChI is InChI=1S/C23H32N4O5S/c1-32-20(30)14-24-22-17(10-12-33-2)25-21-16(9-6-11-27(21)22)23(31)26-18(13-19(28)29)15-7-4-3-5-8-15/h6,9,11,15,18,24H,3-5,7-8,10,12-14H2,1-2H3,(H,26,31)(H,28,29). The zero-order valence-corrected chi connectivity index (χ0v) is 20.0. The minimum absolute atomic E-state index is 0.0185. The number of methoxy groups -OCH3 is 1. The van der Waals surface area contributed by atoms with Crippen molar-refractivity contribution in [1.29, 1.82) is 0 Å². The fraction of sp³-hybridized carbons (Fsp3) is 0.565. The maximum Gasteiger partial charge on any atom is 0.325 e. The normalized spacial score (nSPS) is 15.2. The summed E-state index contributed by atoms with van der Waals surface area (Å²) >= 11 is 1.68.